The van der Waals surface area contributed by atoms with Crippen LogP contribution in [-0.4, -0.2) is 79.3 Å². The summed E-state index contributed by atoms with van der Waals surface area (Å²) in [6, 6.07) is 0.531. The molecule has 3 aliphatic rings. The van der Waals surface area contributed by atoms with Gasteiger partial charge in [0.1, 0.15) is 0 Å². The fourth-order valence-electron chi connectivity index (χ4n) is 3.77. The molecule has 1 saturated carbocycles. The van der Waals surface area contributed by atoms with E-state index in [1.807, 2.05) is 4.90 Å². The van der Waals surface area contributed by atoms with Crippen LogP contribution in [0.25, 0.3) is 0 Å². The van der Waals surface area contributed by atoms with Crippen LogP contribution in [0.4, 0.5) is 4.79 Å². The second-order valence-electron chi connectivity index (χ2n) is 8.34. The number of rotatable bonds is 6. The molecule has 2 N–H and O–H groups in total. The molecule has 7 heteroatoms. The summed E-state index contributed by atoms with van der Waals surface area (Å²) in [6.07, 6.45) is 5.33. The van der Waals surface area contributed by atoms with Crippen molar-refractivity contribution in [3.63, 3.8) is 0 Å². The summed E-state index contributed by atoms with van der Waals surface area (Å²) in [5, 5.41) is 6.22. The minimum absolute atomic E-state index is 0.0105. The maximum atomic E-state index is 12.6. The van der Waals surface area contributed by atoms with E-state index in [0.29, 0.717) is 31.6 Å². The lowest BCUT2D eigenvalue weighted by molar-refractivity contribution is -0.122. The van der Waals surface area contributed by atoms with E-state index in [0.717, 1.165) is 51.8 Å². The van der Waals surface area contributed by atoms with Gasteiger partial charge in [-0.1, -0.05) is 13.8 Å². The molecule has 0 bridgehead atoms. The van der Waals surface area contributed by atoms with Crippen LogP contribution in [0.2, 0.25) is 0 Å². The molecule has 0 aromatic carbocycles. The van der Waals surface area contributed by atoms with E-state index in [1.54, 1.807) is 0 Å². The number of hydrogen-bond donors (Lipinski definition) is 2. The second kappa shape index (κ2) is 9.04. The molecular weight excluding hydrogens is 332 g/mol. The van der Waals surface area contributed by atoms with E-state index in [-0.39, 0.29) is 24.1 Å². The van der Waals surface area contributed by atoms with E-state index in [1.165, 1.54) is 0 Å². The van der Waals surface area contributed by atoms with Crippen molar-refractivity contribution in [2.24, 2.45) is 5.92 Å². The number of piperazine rings is 1. The number of hydrogen-bond acceptors (Lipinski definition) is 4. The van der Waals surface area contributed by atoms with Gasteiger partial charge in [0, 0.05) is 38.8 Å². The molecule has 3 rings (SSSR count). The van der Waals surface area contributed by atoms with Gasteiger partial charge in [-0.2, -0.15) is 0 Å². The second-order valence-corrected chi connectivity index (χ2v) is 8.34. The normalized spacial score (nSPS) is 27.4. The Morgan fingerprint density at radius 3 is 2.46 bits per heavy atom. The zero-order chi connectivity index (χ0) is 18.5. The highest BCUT2D eigenvalue weighted by molar-refractivity contribution is 5.78. The van der Waals surface area contributed by atoms with Crippen LogP contribution < -0.4 is 10.6 Å². The van der Waals surface area contributed by atoms with Crippen LogP contribution in [0.15, 0.2) is 0 Å². The molecule has 0 radical (unpaired) electrons. The topological polar surface area (TPSA) is 73.9 Å². The molecule has 2 unspecified atom stereocenters. The molecule has 0 spiro atoms. The maximum absolute atomic E-state index is 12.6. The minimum atomic E-state index is 0.0105. The van der Waals surface area contributed by atoms with E-state index in [9.17, 15) is 9.59 Å². The Morgan fingerprint density at radius 1 is 1.08 bits per heavy atom. The van der Waals surface area contributed by atoms with Crippen molar-refractivity contribution < 1.29 is 14.3 Å². The fraction of sp³-hybridized carbons (Fsp3) is 0.895. The molecule has 3 fully saturated rings. The third-order valence-corrected chi connectivity index (χ3v) is 5.42. The number of carbonyl (C=O) groups is 2. The van der Waals surface area contributed by atoms with Gasteiger partial charge < -0.3 is 20.3 Å². The quantitative estimate of drug-likeness (QED) is 0.740. The Bertz CT molecular complexity index is 487. The molecule has 2 atom stereocenters. The van der Waals surface area contributed by atoms with Gasteiger partial charge in [-0.3, -0.25) is 9.69 Å². The van der Waals surface area contributed by atoms with Gasteiger partial charge in [0.2, 0.25) is 5.91 Å². The Balaban J connectivity index is 1.40. The van der Waals surface area contributed by atoms with Gasteiger partial charge >= 0.3 is 6.03 Å². The van der Waals surface area contributed by atoms with Crippen molar-refractivity contribution in [3.8, 4) is 0 Å². The standard InChI is InChI=1S/C19H34N4O3/c1-14(2)12-17-16(4-3-11-26-17)21-19(25)23-9-7-22(8-10-23)13-18(24)20-15-5-6-15/h14-17H,3-13H2,1-2H3,(H,20,24)(H,21,25). The molecule has 0 aromatic heterocycles. The number of urea groups is 1. The fourth-order valence-corrected chi connectivity index (χ4v) is 3.77. The highest BCUT2D eigenvalue weighted by atomic mass is 16.5. The molecule has 2 aliphatic heterocycles. The van der Waals surface area contributed by atoms with Gasteiger partial charge in [-0.25, -0.2) is 4.79 Å². The third-order valence-electron chi connectivity index (χ3n) is 5.42. The number of nitrogens with zero attached hydrogens (tertiary/aromatic N) is 2. The van der Waals surface area contributed by atoms with E-state index < -0.39 is 0 Å². The summed E-state index contributed by atoms with van der Waals surface area (Å²) in [7, 11) is 0. The van der Waals surface area contributed by atoms with E-state index in [4.69, 9.17) is 4.74 Å². The smallest absolute Gasteiger partial charge is 0.317 e. The largest absolute Gasteiger partial charge is 0.376 e. The summed E-state index contributed by atoms with van der Waals surface area (Å²) in [4.78, 5) is 28.5. The van der Waals surface area contributed by atoms with Crippen LogP contribution in [0.1, 0.15) is 46.0 Å². The van der Waals surface area contributed by atoms with Crippen LogP contribution >= 0.6 is 0 Å². The van der Waals surface area contributed by atoms with Gasteiger partial charge in [0.05, 0.1) is 18.7 Å². The summed E-state index contributed by atoms with van der Waals surface area (Å²) in [5.74, 6) is 0.670. The van der Waals surface area contributed by atoms with E-state index in [2.05, 4.69) is 29.4 Å². The molecule has 3 amide bonds. The third kappa shape index (κ3) is 5.84. The lowest BCUT2D eigenvalue weighted by atomic mass is 9.95. The number of ether oxygens (including phenoxy) is 1. The SMILES string of the molecule is CC(C)CC1OCCCC1NC(=O)N1CCN(CC(=O)NC2CC2)CC1. The van der Waals surface area contributed by atoms with Crippen molar-refractivity contribution in [2.45, 2.75) is 64.1 Å². The van der Waals surface area contributed by atoms with Crippen LogP contribution in [0.5, 0.6) is 0 Å². The van der Waals surface area contributed by atoms with Gasteiger partial charge in [-0.15, -0.1) is 0 Å². The Kier molecular flexibility index (Phi) is 6.75. The summed E-state index contributed by atoms with van der Waals surface area (Å²) >= 11 is 0. The molecule has 1 aliphatic carbocycles. The Hall–Kier alpha value is -1.34. The van der Waals surface area contributed by atoms with Gasteiger partial charge in [0.25, 0.3) is 0 Å². The lowest BCUT2D eigenvalue weighted by Gasteiger charge is -2.38. The Labute approximate surface area is 156 Å². The first-order chi connectivity index (χ1) is 12.5. The average molecular weight is 367 g/mol. The highest BCUT2D eigenvalue weighted by Crippen LogP contribution is 2.21. The van der Waals surface area contributed by atoms with Crippen LogP contribution in [-0.2, 0) is 9.53 Å². The van der Waals surface area contributed by atoms with Crippen molar-refractivity contribution in [1.29, 1.82) is 0 Å². The summed E-state index contributed by atoms with van der Waals surface area (Å²) in [6.45, 7) is 8.47. The van der Waals surface area contributed by atoms with Crippen LogP contribution in [0, 0.1) is 5.92 Å². The predicted octanol–water partition coefficient (Wildman–Crippen LogP) is 1.19. The maximum Gasteiger partial charge on any atom is 0.317 e. The van der Waals surface area contributed by atoms with Gasteiger partial charge in [-0.05, 0) is 38.0 Å². The van der Waals surface area contributed by atoms with Crippen molar-refractivity contribution in [2.75, 3.05) is 39.3 Å². The Morgan fingerprint density at radius 2 is 1.81 bits per heavy atom. The number of carbonyl (C=O) groups excluding carboxylic acids is 2. The minimum Gasteiger partial charge on any atom is -0.376 e. The predicted molar refractivity (Wildman–Crippen MR) is 99.9 cm³/mol. The van der Waals surface area contributed by atoms with Crippen LogP contribution in [0.3, 0.4) is 0 Å². The summed E-state index contributed by atoms with van der Waals surface area (Å²) in [5.41, 5.74) is 0. The first-order valence-electron chi connectivity index (χ1n) is 10.2. The monoisotopic (exact) mass is 366 g/mol. The molecule has 7 nitrogen and oxygen atoms in total. The highest BCUT2D eigenvalue weighted by Gasteiger charge is 2.31. The first kappa shape index (κ1) is 19.4. The summed E-state index contributed by atoms with van der Waals surface area (Å²) < 4.78 is 5.90. The number of amides is 3. The average Bonchev–Trinajstić information content (AvgIpc) is 3.40. The molecule has 2 saturated heterocycles. The van der Waals surface area contributed by atoms with Crippen molar-refractivity contribution in [3.05, 3.63) is 0 Å². The molecule has 2 heterocycles. The molecule has 148 valence electrons. The first-order valence-corrected chi connectivity index (χ1v) is 10.2. The van der Waals surface area contributed by atoms with Gasteiger partial charge in [0.15, 0.2) is 0 Å². The van der Waals surface area contributed by atoms with Crippen molar-refractivity contribution >= 4 is 11.9 Å². The van der Waals surface area contributed by atoms with E-state index >= 15 is 0 Å². The number of nitrogens with one attached hydrogen (secondary N) is 2. The molecular formula is C19H34N4O3. The zero-order valence-corrected chi connectivity index (χ0v) is 16.2. The molecule has 26 heavy (non-hydrogen) atoms. The lowest BCUT2D eigenvalue weighted by Crippen LogP contribution is -2.57. The van der Waals surface area contributed by atoms with Crippen molar-refractivity contribution in [1.82, 2.24) is 20.4 Å². The molecule has 0 aromatic rings. The zero-order valence-electron chi connectivity index (χ0n) is 16.2.